The molecule has 0 bridgehead atoms. The van der Waals surface area contributed by atoms with Crippen molar-refractivity contribution in [1.82, 2.24) is 4.90 Å². The first kappa shape index (κ1) is 17.0. The van der Waals surface area contributed by atoms with Gasteiger partial charge in [0.15, 0.2) is 5.78 Å². The number of Topliss-reactive ketones (excluding diaryl/α,β-unsaturated/α-hetero) is 1. The molecular weight excluding hydrogens is 318 g/mol. The van der Waals surface area contributed by atoms with E-state index in [9.17, 15) is 23.6 Å². The highest BCUT2D eigenvalue weighted by atomic mass is 19.3. The third-order valence-corrected chi connectivity index (χ3v) is 5.22. The predicted octanol–water partition coefficient (Wildman–Crippen LogP) is 2.08. The number of morpholine rings is 1. The number of hydrogen-bond acceptors (Lipinski definition) is 4. The first-order valence-electron chi connectivity index (χ1n) is 8.09. The molecular formula is C17H20F2N2O3. The van der Waals surface area contributed by atoms with E-state index >= 15 is 0 Å². The molecule has 1 spiro atoms. The molecule has 1 heterocycles. The zero-order valence-corrected chi connectivity index (χ0v) is 13.8. The van der Waals surface area contributed by atoms with Crippen molar-refractivity contribution in [3.8, 4) is 6.07 Å². The molecule has 2 atom stereocenters. The molecule has 1 aliphatic heterocycles. The Morgan fingerprint density at radius 2 is 2.17 bits per heavy atom. The molecule has 130 valence electrons. The smallest absolute Gasteiger partial charge is 0.259 e. The topological polar surface area (TPSA) is 70.4 Å². The number of allylic oxidation sites excluding steroid dienone is 1. The van der Waals surface area contributed by atoms with E-state index < -0.39 is 28.8 Å². The van der Waals surface area contributed by atoms with Gasteiger partial charge in [-0.3, -0.25) is 9.59 Å². The zero-order valence-electron chi connectivity index (χ0n) is 13.8. The minimum Gasteiger partial charge on any atom is -0.367 e. The highest BCUT2D eigenvalue weighted by molar-refractivity contribution is 6.04. The lowest BCUT2D eigenvalue weighted by Crippen LogP contribution is -2.60. The summed E-state index contributed by atoms with van der Waals surface area (Å²) in [4.78, 5) is 26.1. The molecule has 1 saturated carbocycles. The Morgan fingerprint density at radius 1 is 1.46 bits per heavy atom. The quantitative estimate of drug-likeness (QED) is 0.734. The maximum absolute atomic E-state index is 13.6. The predicted molar refractivity (Wildman–Crippen MR) is 80.0 cm³/mol. The summed E-state index contributed by atoms with van der Waals surface area (Å²) in [6.45, 7) is 4.00. The van der Waals surface area contributed by atoms with Crippen LogP contribution in [0.15, 0.2) is 11.6 Å². The third-order valence-electron chi connectivity index (χ3n) is 5.22. The molecule has 24 heavy (non-hydrogen) atoms. The minimum atomic E-state index is -2.93. The van der Waals surface area contributed by atoms with Gasteiger partial charge in [-0.15, -0.1) is 0 Å². The number of rotatable bonds is 1. The van der Waals surface area contributed by atoms with Gasteiger partial charge in [-0.2, -0.15) is 5.26 Å². The number of hydrogen-bond donors (Lipinski definition) is 0. The van der Waals surface area contributed by atoms with Crippen LogP contribution in [-0.2, 0) is 14.3 Å². The van der Waals surface area contributed by atoms with Crippen molar-refractivity contribution in [1.29, 1.82) is 5.26 Å². The van der Waals surface area contributed by atoms with Crippen LogP contribution >= 0.6 is 0 Å². The summed E-state index contributed by atoms with van der Waals surface area (Å²) in [6, 6.07) is 1.89. The summed E-state index contributed by atoms with van der Waals surface area (Å²) >= 11 is 0. The summed E-state index contributed by atoms with van der Waals surface area (Å²) in [7, 11) is 0. The molecule has 7 heteroatoms. The number of nitrogens with zero attached hydrogens (tertiary/aromatic N) is 2. The Hall–Kier alpha value is -1.81. The fourth-order valence-corrected chi connectivity index (χ4v) is 3.88. The SMILES string of the molecule is CC1(C)CC2(C=C(C#N)C1=O)CN(C(=O)C1CCC1(F)F)CCO2. The molecule has 2 aliphatic carbocycles. The molecule has 0 aromatic carbocycles. The van der Waals surface area contributed by atoms with Crippen molar-refractivity contribution in [2.45, 2.75) is 44.6 Å². The number of halogens is 2. The van der Waals surface area contributed by atoms with Crippen LogP contribution in [0.2, 0.25) is 0 Å². The Bertz CT molecular complexity index is 665. The van der Waals surface area contributed by atoms with Crippen molar-refractivity contribution in [3.63, 3.8) is 0 Å². The van der Waals surface area contributed by atoms with E-state index in [-0.39, 0.29) is 43.9 Å². The van der Waals surface area contributed by atoms with Crippen LogP contribution in [0.5, 0.6) is 0 Å². The zero-order chi connectivity index (χ0) is 17.8. The number of ether oxygens (including phenoxy) is 1. The highest BCUT2D eigenvalue weighted by Gasteiger charge is 2.55. The van der Waals surface area contributed by atoms with Crippen molar-refractivity contribution >= 4 is 11.7 Å². The Morgan fingerprint density at radius 3 is 2.71 bits per heavy atom. The first-order valence-corrected chi connectivity index (χ1v) is 8.09. The monoisotopic (exact) mass is 338 g/mol. The summed E-state index contributed by atoms with van der Waals surface area (Å²) in [5.41, 5.74) is -1.75. The molecule has 5 nitrogen and oxygen atoms in total. The van der Waals surface area contributed by atoms with Gasteiger partial charge in [-0.1, -0.05) is 13.8 Å². The fraction of sp³-hybridized carbons (Fsp3) is 0.706. The maximum atomic E-state index is 13.6. The van der Waals surface area contributed by atoms with Gasteiger partial charge in [0.05, 0.1) is 18.7 Å². The van der Waals surface area contributed by atoms with Crippen LogP contribution in [-0.4, -0.2) is 47.8 Å². The van der Waals surface area contributed by atoms with Gasteiger partial charge in [0.2, 0.25) is 5.91 Å². The van der Waals surface area contributed by atoms with Crippen LogP contribution < -0.4 is 0 Å². The molecule has 2 unspecified atom stereocenters. The van der Waals surface area contributed by atoms with Gasteiger partial charge in [-0.05, 0) is 18.9 Å². The molecule has 1 saturated heterocycles. The van der Waals surface area contributed by atoms with Crippen LogP contribution in [0.25, 0.3) is 0 Å². The number of amides is 1. The molecule has 0 aromatic rings. The van der Waals surface area contributed by atoms with Crippen LogP contribution in [0.1, 0.15) is 33.1 Å². The Kier molecular flexibility index (Phi) is 3.79. The second-order valence-electron chi connectivity index (χ2n) is 7.58. The van der Waals surface area contributed by atoms with Crippen molar-refractivity contribution in [2.75, 3.05) is 19.7 Å². The third kappa shape index (κ3) is 2.63. The van der Waals surface area contributed by atoms with E-state index in [0.717, 1.165) is 0 Å². The lowest BCUT2D eigenvalue weighted by atomic mass is 9.69. The standard InChI is InChI=1S/C17H20F2N2O3/c1-15(2)9-16(7-11(8-20)13(15)22)10-21(5-6-24-16)14(23)12-3-4-17(12,18)19/h7,12H,3-6,9-10H2,1-2H3. The number of nitriles is 1. The molecule has 2 fully saturated rings. The van der Waals surface area contributed by atoms with Crippen molar-refractivity contribution in [2.24, 2.45) is 11.3 Å². The lowest BCUT2D eigenvalue weighted by Gasteiger charge is -2.48. The molecule has 1 amide bonds. The summed E-state index contributed by atoms with van der Waals surface area (Å²) in [5, 5.41) is 9.21. The van der Waals surface area contributed by atoms with Gasteiger partial charge in [0.1, 0.15) is 17.6 Å². The van der Waals surface area contributed by atoms with Gasteiger partial charge >= 0.3 is 0 Å². The average Bonchev–Trinajstić information content (AvgIpc) is 2.49. The minimum absolute atomic E-state index is 0.00882. The van der Waals surface area contributed by atoms with Gasteiger partial charge in [-0.25, -0.2) is 8.78 Å². The van der Waals surface area contributed by atoms with Crippen LogP contribution in [0, 0.1) is 22.7 Å². The number of ketones is 1. The Labute approximate surface area is 139 Å². The van der Waals surface area contributed by atoms with Crippen molar-refractivity contribution < 1.29 is 23.1 Å². The van der Waals surface area contributed by atoms with E-state index in [2.05, 4.69) is 0 Å². The van der Waals surface area contributed by atoms with E-state index in [1.54, 1.807) is 13.8 Å². The average molecular weight is 338 g/mol. The molecule has 0 aromatic heterocycles. The van der Waals surface area contributed by atoms with E-state index in [0.29, 0.717) is 6.42 Å². The van der Waals surface area contributed by atoms with E-state index in [1.165, 1.54) is 11.0 Å². The lowest BCUT2D eigenvalue weighted by molar-refractivity contribution is -0.182. The highest BCUT2D eigenvalue weighted by Crippen LogP contribution is 2.46. The van der Waals surface area contributed by atoms with Crippen molar-refractivity contribution in [3.05, 3.63) is 11.6 Å². The second-order valence-corrected chi connectivity index (χ2v) is 7.58. The van der Waals surface area contributed by atoms with E-state index in [4.69, 9.17) is 4.74 Å². The number of alkyl halides is 2. The van der Waals surface area contributed by atoms with Gasteiger partial charge in [0, 0.05) is 18.4 Å². The molecule has 0 N–H and O–H groups in total. The second kappa shape index (κ2) is 5.35. The molecule has 0 radical (unpaired) electrons. The largest absolute Gasteiger partial charge is 0.367 e. The van der Waals surface area contributed by atoms with Crippen LogP contribution in [0.3, 0.4) is 0 Å². The summed E-state index contributed by atoms with van der Waals surface area (Å²) in [6.07, 6.45) is 1.73. The maximum Gasteiger partial charge on any atom is 0.259 e. The molecule has 3 rings (SSSR count). The van der Waals surface area contributed by atoms with E-state index in [1.807, 2.05) is 6.07 Å². The number of carbonyl (C=O) groups is 2. The number of carbonyl (C=O) groups excluding carboxylic acids is 2. The van der Waals surface area contributed by atoms with Gasteiger partial charge in [0.25, 0.3) is 5.92 Å². The van der Waals surface area contributed by atoms with Gasteiger partial charge < -0.3 is 9.64 Å². The fourth-order valence-electron chi connectivity index (χ4n) is 3.88. The normalized spacial score (nSPS) is 34.3. The Balaban J connectivity index is 1.85. The first-order chi connectivity index (χ1) is 11.1. The van der Waals surface area contributed by atoms with Crippen LogP contribution in [0.4, 0.5) is 8.78 Å². The summed E-state index contributed by atoms with van der Waals surface area (Å²) < 4.78 is 32.9. The summed E-state index contributed by atoms with van der Waals surface area (Å²) in [5.74, 6) is -5.01. The molecule has 3 aliphatic rings.